The Morgan fingerprint density at radius 3 is 2.38 bits per heavy atom. The summed E-state index contributed by atoms with van der Waals surface area (Å²) < 4.78 is 0. The van der Waals surface area contributed by atoms with Gasteiger partial charge in [0.15, 0.2) is 0 Å². The first kappa shape index (κ1) is 12.1. The van der Waals surface area contributed by atoms with Gasteiger partial charge in [-0.05, 0) is 0 Å². The van der Waals surface area contributed by atoms with Crippen molar-refractivity contribution in [3.05, 3.63) is 61.3 Å². The van der Waals surface area contributed by atoms with Gasteiger partial charge in [-0.3, -0.25) is 6.08 Å². The van der Waals surface area contributed by atoms with Crippen LogP contribution in [0.3, 0.4) is 0 Å². The average Bonchev–Trinajstić information content (AvgIpc) is 2.70. The SMILES string of the molecule is [C-]1=CC=CC1.[CH-]=C/C=C\C=C/[CH]=[Co]. The van der Waals surface area contributed by atoms with E-state index in [9.17, 15) is 0 Å². The van der Waals surface area contributed by atoms with Crippen molar-refractivity contribution >= 4 is 4.96 Å². The minimum atomic E-state index is 1.01. The van der Waals surface area contributed by atoms with E-state index in [0.29, 0.717) is 0 Å². The molecule has 0 aromatic carbocycles. The topological polar surface area (TPSA) is 0 Å². The second-order valence-electron chi connectivity index (χ2n) is 2.08. The molecule has 0 atom stereocenters. The first-order chi connectivity index (χ1) is 6.41. The van der Waals surface area contributed by atoms with Crippen LogP contribution in [-0.4, -0.2) is 4.96 Å². The van der Waals surface area contributed by atoms with E-state index in [1.165, 1.54) is 6.08 Å². The van der Waals surface area contributed by atoms with Gasteiger partial charge >= 0.3 is 57.2 Å². The van der Waals surface area contributed by atoms with E-state index in [4.69, 9.17) is 6.58 Å². The van der Waals surface area contributed by atoms with Crippen molar-refractivity contribution in [2.45, 2.75) is 6.42 Å². The molecule has 0 fully saturated rings. The molecule has 0 bridgehead atoms. The third kappa shape index (κ3) is 11.1. The molecule has 0 saturated heterocycles. The van der Waals surface area contributed by atoms with Crippen molar-refractivity contribution < 1.29 is 15.3 Å². The quantitative estimate of drug-likeness (QED) is 0.501. The van der Waals surface area contributed by atoms with Crippen LogP contribution in [0.25, 0.3) is 0 Å². The Labute approximate surface area is 88.2 Å². The molecule has 13 heavy (non-hydrogen) atoms. The summed E-state index contributed by atoms with van der Waals surface area (Å²) in [4.78, 5) is 1.65. The summed E-state index contributed by atoms with van der Waals surface area (Å²) in [6, 6.07) is 0. The van der Waals surface area contributed by atoms with E-state index < -0.39 is 0 Å². The molecule has 0 heterocycles. The normalized spacial score (nSPS) is 13.3. The molecule has 1 aliphatic rings. The van der Waals surface area contributed by atoms with E-state index in [-0.39, 0.29) is 0 Å². The van der Waals surface area contributed by atoms with Gasteiger partial charge in [0, 0.05) is 0 Å². The Kier molecular flexibility index (Phi) is 10.3. The van der Waals surface area contributed by atoms with Crippen LogP contribution in [0.2, 0.25) is 0 Å². The summed E-state index contributed by atoms with van der Waals surface area (Å²) in [6.07, 6.45) is 18.7. The fraction of sp³-hybridized carbons (Fsp3) is 0.0833. The number of rotatable bonds is 3. The molecule has 0 aromatic rings. The summed E-state index contributed by atoms with van der Waals surface area (Å²) in [6.45, 7) is 5.04. The zero-order valence-corrected chi connectivity index (χ0v) is 8.35. The summed E-state index contributed by atoms with van der Waals surface area (Å²) in [5, 5.41) is 0. The van der Waals surface area contributed by atoms with Gasteiger partial charge in [-0.2, -0.15) is 6.08 Å². The summed E-state index contributed by atoms with van der Waals surface area (Å²) in [5.41, 5.74) is 0. The zero-order chi connectivity index (χ0) is 9.78. The van der Waals surface area contributed by atoms with Crippen LogP contribution in [0.1, 0.15) is 6.42 Å². The average molecular weight is 215 g/mol. The van der Waals surface area contributed by atoms with Crippen LogP contribution >= 0.6 is 0 Å². The van der Waals surface area contributed by atoms with E-state index >= 15 is 0 Å². The third-order valence-corrected chi connectivity index (χ3v) is 1.29. The molecule has 0 aliphatic heterocycles. The fourth-order valence-electron chi connectivity index (χ4n) is 0.570. The molecule has 71 valence electrons. The van der Waals surface area contributed by atoms with Crippen molar-refractivity contribution in [2.24, 2.45) is 0 Å². The predicted octanol–water partition coefficient (Wildman–Crippen LogP) is 2.74. The van der Waals surface area contributed by atoms with Gasteiger partial charge in [0.05, 0.1) is 0 Å². The molecule has 0 amide bonds. The van der Waals surface area contributed by atoms with Crippen molar-refractivity contribution in [3.63, 3.8) is 0 Å². The Hall–Kier alpha value is -0.924. The third-order valence-electron chi connectivity index (χ3n) is 1.09. The Bertz CT molecular complexity index is 216. The molecular formula is C12H12Co-2. The molecule has 1 rings (SSSR count). The predicted molar refractivity (Wildman–Crippen MR) is 54.8 cm³/mol. The monoisotopic (exact) mass is 215 g/mol. The second kappa shape index (κ2) is 11.1. The maximum atomic E-state index is 5.04. The van der Waals surface area contributed by atoms with Crippen molar-refractivity contribution in [2.75, 3.05) is 0 Å². The van der Waals surface area contributed by atoms with Crippen LogP contribution in [-0.2, 0) is 15.3 Å². The van der Waals surface area contributed by atoms with E-state index in [0.717, 1.165) is 6.42 Å². The Morgan fingerprint density at radius 2 is 2.00 bits per heavy atom. The number of allylic oxidation sites excluding steroid dienone is 9. The van der Waals surface area contributed by atoms with Crippen molar-refractivity contribution in [1.29, 1.82) is 0 Å². The van der Waals surface area contributed by atoms with Gasteiger partial charge in [0.25, 0.3) is 0 Å². The van der Waals surface area contributed by atoms with Crippen LogP contribution in [0.15, 0.2) is 48.6 Å². The van der Waals surface area contributed by atoms with E-state index in [2.05, 4.69) is 27.5 Å². The number of hydrogen-bond donors (Lipinski definition) is 0. The van der Waals surface area contributed by atoms with E-state index in [1.54, 1.807) is 17.1 Å². The van der Waals surface area contributed by atoms with Crippen LogP contribution in [0.5, 0.6) is 0 Å². The maximum absolute atomic E-state index is 5.04. The van der Waals surface area contributed by atoms with Gasteiger partial charge < -0.3 is 0 Å². The second-order valence-corrected chi connectivity index (χ2v) is 2.42. The molecule has 1 aliphatic carbocycles. The molecule has 0 saturated carbocycles. The summed E-state index contributed by atoms with van der Waals surface area (Å²) >= 11 is 3.88. The van der Waals surface area contributed by atoms with Crippen LogP contribution in [0.4, 0.5) is 0 Å². The van der Waals surface area contributed by atoms with Crippen LogP contribution in [0, 0.1) is 12.7 Å². The number of hydrogen-bond acceptors (Lipinski definition) is 0. The molecule has 0 aromatic heterocycles. The fourth-order valence-corrected chi connectivity index (χ4v) is 0.685. The first-order valence-electron chi connectivity index (χ1n) is 3.91. The standard InChI is InChI=1S/C7H7.C5H5.Co/c1-3-5-7-6-4-2;1-2-4-5-3-1;/h1-7H;1-3H,4H2;/q2*-1;/b5-3-,7-6-;;. The first-order valence-corrected chi connectivity index (χ1v) is 4.51. The van der Waals surface area contributed by atoms with Gasteiger partial charge in [0.1, 0.15) is 0 Å². The van der Waals surface area contributed by atoms with Gasteiger partial charge in [-0.15, -0.1) is 6.42 Å². The molecule has 0 unspecified atom stereocenters. The van der Waals surface area contributed by atoms with Crippen molar-refractivity contribution in [3.8, 4) is 0 Å². The Morgan fingerprint density at radius 1 is 1.23 bits per heavy atom. The molecule has 0 spiro atoms. The van der Waals surface area contributed by atoms with Gasteiger partial charge in [-0.25, -0.2) is 12.2 Å². The van der Waals surface area contributed by atoms with Crippen LogP contribution < -0.4 is 0 Å². The Balaban J connectivity index is 0.000000243. The van der Waals surface area contributed by atoms with Gasteiger partial charge in [0.2, 0.25) is 0 Å². The summed E-state index contributed by atoms with van der Waals surface area (Å²) in [7, 11) is 0. The molecule has 1 heteroatoms. The molecule has 0 N–H and O–H groups in total. The van der Waals surface area contributed by atoms with Crippen molar-refractivity contribution in [1.82, 2.24) is 0 Å². The molecule has 0 radical (unpaired) electrons. The minimum absolute atomic E-state index is 1.01. The van der Waals surface area contributed by atoms with Gasteiger partial charge in [-0.1, -0.05) is 0 Å². The molecular weight excluding hydrogens is 203 g/mol. The summed E-state index contributed by atoms with van der Waals surface area (Å²) in [5.74, 6) is 0. The van der Waals surface area contributed by atoms with E-state index in [1.807, 2.05) is 24.3 Å². The molecule has 0 nitrogen and oxygen atoms in total. The zero-order valence-electron chi connectivity index (χ0n) is 7.31.